The molecule has 0 spiro atoms. The largest absolute Gasteiger partial charge is 0.497 e. The Balaban J connectivity index is 2.17. The summed E-state index contributed by atoms with van der Waals surface area (Å²) >= 11 is 3.30. The zero-order valence-corrected chi connectivity index (χ0v) is 9.24. The van der Waals surface area contributed by atoms with E-state index in [1.54, 1.807) is 7.11 Å². The summed E-state index contributed by atoms with van der Waals surface area (Å²) in [5, 5.41) is 0. The van der Waals surface area contributed by atoms with Gasteiger partial charge in [0, 0.05) is 0 Å². The first-order valence-electron chi connectivity index (χ1n) is 4.22. The van der Waals surface area contributed by atoms with Crippen molar-refractivity contribution in [2.75, 3.05) is 7.11 Å². The lowest BCUT2D eigenvalue weighted by molar-refractivity contribution is 0.0458. The van der Waals surface area contributed by atoms with Gasteiger partial charge in [-0.1, -0.05) is 12.1 Å². The van der Waals surface area contributed by atoms with Crippen LogP contribution in [0.25, 0.3) is 0 Å². The molecule has 1 aromatic rings. The van der Waals surface area contributed by atoms with Crippen molar-refractivity contribution in [1.29, 1.82) is 0 Å². The van der Waals surface area contributed by atoms with Gasteiger partial charge in [-0.3, -0.25) is 10.3 Å². The number of rotatable bonds is 2. The molecule has 0 aliphatic carbocycles. The van der Waals surface area contributed by atoms with Gasteiger partial charge in [-0.2, -0.15) is 0 Å². The van der Waals surface area contributed by atoms with Crippen molar-refractivity contribution in [2.24, 2.45) is 0 Å². The summed E-state index contributed by atoms with van der Waals surface area (Å²) in [4.78, 5) is 5.29. The highest BCUT2D eigenvalue weighted by Crippen LogP contribution is 2.27. The van der Waals surface area contributed by atoms with Crippen LogP contribution in [0.1, 0.15) is 11.7 Å². The third-order valence-electron chi connectivity index (χ3n) is 2.03. The molecule has 1 aliphatic heterocycles. The topological polar surface area (TPSA) is 30.5 Å². The van der Waals surface area contributed by atoms with Gasteiger partial charge < -0.3 is 4.74 Å². The number of nitrogens with one attached hydrogen (secondary N) is 1. The van der Waals surface area contributed by atoms with Crippen LogP contribution in [0.15, 0.2) is 34.9 Å². The van der Waals surface area contributed by atoms with Crippen LogP contribution in [-0.2, 0) is 4.84 Å². The van der Waals surface area contributed by atoms with Crippen molar-refractivity contribution < 1.29 is 9.57 Å². The number of methoxy groups -OCH3 is 1. The fraction of sp³-hybridized carbons (Fsp3) is 0.200. The molecule has 2 rings (SSSR count). The molecule has 0 fully saturated rings. The van der Waals surface area contributed by atoms with Crippen molar-refractivity contribution in [1.82, 2.24) is 5.48 Å². The number of halogens is 1. The van der Waals surface area contributed by atoms with Crippen LogP contribution in [-0.4, -0.2) is 7.11 Å². The number of benzene rings is 1. The Bertz CT molecular complexity index is 348. The van der Waals surface area contributed by atoms with E-state index >= 15 is 0 Å². The molecule has 1 heterocycles. The third kappa shape index (κ3) is 1.91. The molecular weight excluding hydrogens is 246 g/mol. The van der Waals surface area contributed by atoms with Crippen molar-refractivity contribution >= 4 is 15.9 Å². The minimum absolute atomic E-state index is 0.0321. The molecule has 3 nitrogen and oxygen atoms in total. The first-order chi connectivity index (χ1) is 6.79. The standard InChI is InChI=1S/C10H10BrNO2/c1-13-8-4-2-7(3-5-8)9-6-10(11)12-14-9/h2-6,9,12H,1H3/t9-/m0/s1. The summed E-state index contributed by atoms with van der Waals surface area (Å²) in [6.45, 7) is 0. The summed E-state index contributed by atoms with van der Waals surface area (Å²) in [5.41, 5.74) is 3.83. The number of hydroxylamine groups is 1. The maximum absolute atomic E-state index is 5.29. The van der Waals surface area contributed by atoms with Crippen LogP contribution < -0.4 is 10.2 Å². The first kappa shape index (κ1) is 9.55. The quantitative estimate of drug-likeness (QED) is 0.824. The summed E-state index contributed by atoms with van der Waals surface area (Å²) < 4.78 is 5.93. The average Bonchev–Trinajstić information content (AvgIpc) is 2.65. The Morgan fingerprint density at radius 3 is 2.57 bits per heavy atom. The normalized spacial score (nSPS) is 20.1. The van der Waals surface area contributed by atoms with Gasteiger partial charge in [0.2, 0.25) is 0 Å². The maximum atomic E-state index is 5.29. The van der Waals surface area contributed by atoms with E-state index in [1.807, 2.05) is 30.3 Å². The van der Waals surface area contributed by atoms with E-state index in [0.717, 1.165) is 15.9 Å². The lowest BCUT2D eigenvalue weighted by Gasteiger charge is -2.07. The first-order valence-corrected chi connectivity index (χ1v) is 5.02. The Morgan fingerprint density at radius 2 is 2.07 bits per heavy atom. The second-order valence-electron chi connectivity index (χ2n) is 2.93. The van der Waals surface area contributed by atoms with E-state index in [1.165, 1.54) is 0 Å². The SMILES string of the molecule is COc1ccc([C@@H]2C=C(Br)NO2)cc1. The second-order valence-corrected chi connectivity index (χ2v) is 3.78. The summed E-state index contributed by atoms with van der Waals surface area (Å²) in [7, 11) is 1.65. The van der Waals surface area contributed by atoms with Crippen molar-refractivity contribution in [3.8, 4) is 5.75 Å². The van der Waals surface area contributed by atoms with Crippen LogP contribution in [0.2, 0.25) is 0 Å². The molecule has 0 radical (unpaired) electrons. The van der Waals surface area contributed by atoms with Gasteiger partial charge >= 0.3 is 0 Å². The van der Waals surface area contributed by atoms with Gasteiger partial charge in [-0.25, -0.2) is 0 Å². The van der Waals surface area contributed by atoms with E-state index in [4.69, 9.17) is 9.57 Å². The molecule has 1 aromatic carbocycles. The maximum Gasteiger partial charge on any atom is 0.131 e. The highest BCUT2D eigenvalue weighted by molar-refractivity contribution is 9.11. The molecule has 0 saturated heterocycles. The third-order valence-corrected chi connectivity index (χ3v) is 2.45. The fourth-order valence-electron chi connectivity index (χ4n) is 1.28. The molecule has 4 heteroatoms. The van der Waals surface area contributed by atoms with Gasteiger partial charge in [0.25, 0.3) is 0 Å². The molecule has 1 atom stereocenters. The minimum atomic E-state index is -0.0321. The molecule has 0 amide bonds. The lowest BCUT2D eigenvalue weighted by Crippen LogP contribution is -2.05. The van der Waals surface area contributed by atoms with Crippen molar-refractivity contribution in [3.63, 3.8) is 0 Å². The van der Waals surface area contributed by atoms with Crippen molar-refractivity contribution in [3.05, 3.63) is 40.5 Å². The smallest absolute Gasteiger partial charge is 0.131 e. The number of ether oxygens (including phenoxy) is 1. The summed E-state index contributed by atoms with van der Waals surface area (Å²) in [6.07, 6.45) is 1.93. The Kier molecular flexibility index (Phi) is 2.74. The molecule has 1 N–H and O–H groups in total. The van der Waals surface area contributed by atoms with E-state index in [9.17, 15) is 0 Å². The van der Waals surface area contributed by atoms with Crippen LogP contribution >= 0.6 is 15.9 Å². The van der Waals surface area contributed by atoms with Gasteiger partial charge in [-0.05, 0) is 39.7 Å². The molecule has 0 saturated carbocycles. The van der Waals surface area contributed by atoms with Crippen LogP contribution in [0, 0.1) is 0 Å². The van der Waals surface area contributed by atoms with E-state index in [0.29, 0.717) is 0 Å². The van der Waals surface area contributed by atoms with E-state index in [2.05, 4.69) is 21.4 Å². The monoisotopic (exact) mass is 255 g/mol. The predicted octanol–water partition coefficient (Wildman–Crippen LogP) is 2.51. The number of hydrogen-bond donors (Lipinski definition) is 1. The van der Waals surface area contributed by atoms with Crippen molar-refractivity contribution in [2.45, 2.75) is 6.10 Å². The lowest BCUT2D eigenvalue weighted by atomic mass is 10.1. The molecule has 74 valence electrons. The average molecular weight is 256 g/mol. The highest BCUT2D eigenvalue weighted by Gasteiger charge is 2.16. The second kappa shape index (κ2) is 4.02. The fourth-order valence-corrected chi connectivity index (χ4v) is 1.61. The molecule has 14 heavy (non-hydrogen) atoms. The summed E-state index contributed by atoms with van der Waals surface area (Å²) in [6, 6.07) is 7.79. The Hall–Kier alpha value is -1.00. The number of hydrogen-bond acceptors (Lipinski definition) is 3. The van der Waals surface area contributed by atoms with Gasteiger partial charge in [-0.15, -0.1) is 0 Å². The van der Waals surface area contributed by atoms with Gasteiger partial charge in [0.05, 0.1) is 7.11 Å². The minimum Gasteiger partial charge on any atom is -0.497 e. The van der Waals surface area contributed by atoms with Gasteiger partial charge in [0.1, 0.15) is 16.5 Å². The molecule has 0 aromatic heterocycles. The molecule has 0 bridgehead atoms. The van der Waals surface area contributed by atoms with Crippen LogP contribution in [0.5, 0.6) is 5.75 Å². The molecule has 1 aliphatic rings. The Labute approximate surface area is 90.8 Å². The zero-order valence-electron chi connectivity index (χ0n) is 7.66. The zero-order chi connectivity index (χ0) is 9.97. The van der Waals surface area contributed by atoms with Crippen LogP contribution in [0.4, 0.5) is 0 Å². The van der Waals surface area contributed by atoms with Gasteiger partial charge in [0.15, 0.2) is 0 Å². The summed E-state index contributed by atoms with van der Waals surface area (Å²) in [5.74, 6) is 0.850. The Morgan fingerprint density at radius 1 is 1.36 bits per heavy atom. The molecular formula is C10H10BrNO2. The van der Waals surface area contributed by atoms with Crippen LogP contribution in [0.3, 0.4) is 0 Å². The molecule has 0 unspecified atom stereocenters. The van der Waals surface area contributed by atoms with E-state index in [-0.39, 0.29) is 6.10 Å². The van der Waals surface area contributed by atoms with E-state index < -0.39 is 0 Å². The predicted molar refractivity (Wildman–Crippen MR) is 57.0 cm³/mol. The highest BCUT2D eigenvalue weighted by atomic mass is 79.9.